The largest absolute Gasteiger partial charge is 0.458 e. The van der Waals surface area contributed by atoms with Crippen LogP contribution in [0.15, 0.2) is 121 Å². The van der Waals surface area contributed by atoms with Gasteiger partial charge in [-0.15, -0.1) is 0 Å². The first kappa shape index (κ1) is 14.0. The van der Waals surface area contributed by atoms with Gasteiger partial charge in [0.25, 0.3) is 6.71 Å². The maximum absolute atomic E-state index is 8.65. The summed E-state index contributed by atoms with van der Waals surface area (Å²) in [5.74, 6) is 1.62. The molecule has 154 valence electrons. The van der Waals surface area contributed by atoms with Crippen molar-refractivity contribution in [2.75, 3.05) is 4.90 Å². The molecule has 0 bridgehead atoms. The summed E-state index contributed by atoms with van der Waals surface area (Å²) in [5.41, 5.74) is 6.62. The van der Waals surface area contributed by atoms with Crippen LogP contribution in [0.4, 0.5) is 17.1 Å². The summed E-state index contributed by atoms with van der Waals surface area (Å²) < 4.78 is 48.2. The van der Waals surface area contributed by atoms with Crippen molar-refractivity contribution < 1.29 is 11.6 Å². The molecule has 7 rings (SSSR count). The average Bonchev–Trinajstić information content (AvgIpc) is 2.95. The molecule has 0 saturated heterocycles. The van der Waals surface area contributed by atoms with E-state index < -0.39 is 6.04 Å². The third-order valence-corrected chi connectivity index (χ3v) is 6.43. The summed E-state index contributed by atoms with van der Waals surface area (Å²) >= 11 is 0. The predicted octanol–water partition coefficient (Wildman–Crippen LogP) is 5.76. The fraction of sp³-hybridized carbons (Fsp3) is 0. The SMILES string of the molecule is [2H]c1c([2H])c([2H])c(-c2ccccc2N2c3ccccc3B3c4ccccc4Oc4cccc2c43)c([2H])c1[2H]. The fourth-order valence-corrected chi connectivity index (χ4v) is 5.10. The maximum atomic E-state index is 8.65. The smallest absolute Gasteiger partial charge is 0.256 e. The molecule has 2 nitrogen and oxygen atoms in total. The van der Waals surface area contributed by atoms with Crippen molar-refractivity contribution in [3.05, 3.63) is 121 Å². The number of ether oxygens (including phenoxy) is 1. The Morgan fingerprint density at radius 3 is 2.15 bits per heavy atom. The number of benzene rings is 5. The second-order valence-electron chi connectivity index (χ2n) is 8.17. The van der Waals surface area contributed by atoms with Crippen molar-refractivity contribution in [1.82, 2.24) is 0 Å². The topological polar surface area (TPSA) is 12.5 Å². The van der Waals surface area contributed by atoms with Crippen LogP contribution in [0.25, 0.3) is 11.1 Å². The summed E-state index contributed by atoms with van der Waals surface area (Å²) in [4.78, 5) is 2.12. The molecule has 0 saturated carbocycles. The van der Waals surface area contributed by atoms with E-state index in [0.29, 0.717) is 5.56 Å². The molecule has 0 unspecified atom stereocenters. The molecule has 2 heterocycles. The van der Waals surface area contributed by atoms with Crippen LogP contribution in [0, 0.1) is 0 Å². The monoisotopic (exact) mass is 426 g/mol. The Hall–Kier alpha value is -4.24. The molecule has 0 N–H and O–H groups in total. The summed E-state index contributed by atoms with van der Waals surface area (Å²) in [6, 6.07) is 28.3. The van der Waals surface area contributed by atoms with E-state index in [2.05, 4.69) is 29.2 Å². The van der Waals surface area contributed by atoms with Crippen LogP contribution in [-0.4, -0.2) is 6.71 Å². The van der Waals surface area contributed by atoms with Gasteiger partial charge in [0, 0.05) is 16.9 Å². The number of anilines is 3. The van der Waals surface area contributed by atoms with Crippen LogP contribution in [-0.2, 0) is 0 Å². The zero-order valence-corrected chi connectivity index (χ0v) is 17.6. The van der Waals surface area contributed by atoms with Crippen molar-refractivity contribution in [1.29, 1.82) is 0 Å². The van der Waals surface area contributed by atoms with Gasteiger partial charge in [-0.3, -0.25) is 0 Å². The first-order chi connectivity index (χ1) is 18.5. The third kappa shape index (κ3) is 2.69. The highest BCUT2D eigenvalue weighted by molar-refractivity contribution is 6.99. The molecule has 5 aromatic carbocycles. The zero-order chi connectivity index (χ0) is 26.1. The normalized spacial score (nSPS) is 15.1. The summed E-state index contributed by atoms with van der Waals surface area (Å²) in [7, 11) is 0. The van der Waals surface area contributed by atoms with Gasteiger partial charge in [-0.25, -0.2) is 0 Å². The van der Waals surface area contributed by atoms with Gasteiger partial charge in [0.05, 0.1) is 12.5 Å². The Morgan fingerprint density at radius 1 is 0.606 bits per heavy atom. The minimum absolute atomic E-state index is 0.0217. The van der Waals surface area contributed by atoms with Crippen molar-refractivity contribution in [3.8, 4) is 22.6 Å². The average molecular weight is 426 g/mol. The first-order valence-electron chi connectivity index (χ1n) is 13.4. The number of fused-ring (bicyclic) bond motifs is 4. The van der Waals surface area contributed by atoms with E-state index in [0.717, 1.165) is 44.9 Å². The molecule has 0 atom stereocenters. The van der Waals surface area contributed by atoms with Crippen LogP contribution in [0.5, 0.6) is 11.5 Å². The van der Waals surface area contributed by atoms with E-state index in [1.54, 1.807) is 0 Å². The minimum atomic E-state index is -0.402. The standard InChI is InChI=1S/C30H20BNO/c1-2-11-21(12-3-1)22-13-4-7-16-25(22)32-26-17-8-5-14-23(26)31-24-15-6-9-19-28(24)33-29-20-10-18-27(32)30(29)31/h1-20H/i1D,2D,3D,11D,12D. The minimum Gasteiger partial charge on any atom is -0.458 e. The number of rotatable bonds is 2. The van der Waals surface area contributed by atoms with E-state index in [9.17, 15) is 0 Å². The number of nitrogens with zero attached hydrogens (tertiary/aromatic N) is 1. The van der Waals surface area contributed by atoms with E-state index >= 15 is 0 Å². The molecule has 0 aromatic heterocycles. The van der Waals surface area contributed by atoms with Gasteiger partial charge in [-0.2, -0.15) is 0 Å². The summed E-state index contributed by atoms with van der Waals surface area (Å²) in [6.07, 6.45) is 0. The van der Waals surface area contributed by atoms with Crippen LogP contribution >= 0.6 is 0 Å². The number of hydrogen-bond acceptors (Lipinski definition) is 2. The lowest BCUT2D eigenvalue weighted by Gasteiger charge is -2.40. The summed E-state index contributed by atoms with van der Waals surface area (Å²) in [6.45, 7) is -0.0217. The van der Waals surface area contributed by atoms with Crippen molar-refractivity contribution in [2.24, 2.45) is 0 Å². The van der Waals surface area contributed by atoms with E-state index in [4.69, 9.17) is 11.6 Å². The van der Waals surface area contributed by atoms with E-state index in [1.165, 1.54) is 0 Å². The van der Waals surface area contributed by atoms with Gasteiger partial charge in [-0.1, -0.05) is 90.9 Å². The van der Waals surface area contributed by atoms with Crippen molar-refractivity contribution in [3.63, 3.8) is 0 Å². The molecule has 0 aliphatic carbocycles. The van der Waals surface area contributed by atoms with Crippen molar-refractivity contribution in [2.45, 2.75) is 0 Å². The lowest BCUT2D eigenvalue weighted by atomic mass is 9.34. The molecular weight excluding hydrogens is 401 g/mol. The van der Waals surface area contributed by atoms with Gasteiger partial charge in [0.2, 0.25) is 0 Å². The van der Waals surface area contributed by atoms with Crippen LogP contribution < -0.4 is 26.0 Å². The molecular formula is C30H20BNO. The second-order valence-corrected chi connectivity index (χ2v) is 8.17. The molecule has 0 radical (unpaired) electrons. The van der Waals surface area contributed by atoms with Crippen LogP contribution in [0.1, 0.15) is 6.85 Å². The predicted molar refractivity (Wildman–Crippen MR) is 138 cm³/mol. The van der Waals surface area contributed by atoms with E-state index in [1.807, 2.05) is 66.7 Å². The maximum Gasteiger partial charge on any atom is 0.256 e. The third-order valence-electron chi connectivity index (χ3n) is 6.43. The van der Waals surface area contributed by atoms with E-state index in [-0.39, 0.29) is 36.4 Å². The van der Waals surface area contributed by atoms with Gasteiger partial charge in [0.15, 0.2) is 0 Å². The highest BCUT2D eigenvalue weighted by Crippen LogP contribution is 2.43. The molecule has 2 aliphatic heterocycles. The first-order valence-corrected chi connectivity index (χ1v) is 10.9. The number of hydrogen-bond donors (Lipinski definition) is 0. The second kappa shape index (κ2) is 7.14. The molecule has 2 aliphatic rings. The van der Waals surface area contributed by atoms with Gasteiger partial charge < -0.3 is 9.64 Å². The quantitative estimate of drug-likeness (QED) is 0.326. The summed E-state index contributed by atoms with van der Waals surface area (Å²) in [5, 5.41) is 0. The molecule has 0 spiro atoms. The van der Waals surface area contributed by atoms with Gasteiger partial charge >= 0.3 is 0 Å². The zero-order valence-electron chi connectivity index (χ0n) is 22.6. The van der Waals surface area contributed by atoms with Crippen LogP contribution in [0.2, 0.25) is 0 Å². The Balaban J connectivity index is 1.54. The molecule has 3 heteroatoms. The Kier molecular flexibility index (Phi) is 3.04. The molecule has 0 amide bonds. The van der Waals surface area contributed by atoms with Gasteiger partial charge in [-0.05, 0) is 52.3 Å². The van der Waals surface area contributed by atoms with Crippen LogP contribution in [0.3, 0.4) is 0 Å². The number of para-hydroxylation sites is 3. The lowest BCUT2D eigenvalue weighted by molar-refractivity contribution is 0.487. The Bertz CT molecular complexity index is 1760. The lowest BCUT2D eigenvalue weighted by Crippen LogP contribution is -2.59. The highest BCUT2D eigenvalue weighted by Gasteiger charge is 2.41. The van der Waals surface area contributed by atoms with Crippen molar-refractivity contribution >= 4 is 40.2 Å². The van der Waals surface area contributed by atoms with Gasteiger partial charge in [0.1, 0.15) is 11.5 Å². The Labute approximate surface area is 200 Å². The molecule has 0 fully saturated rings. The molecule has 5 aromatic rings. The molecule has 33 heavy (non-hydrogen) atoms. The Morgan fingerprint density at radius 2 is 1.27 bits per heavy atom. The fourth-order valence-electron chi connectivity index (χ4n) is 5.10. The highest BCUT2D eigenvalue weighted by atomic mass is 16.5.